The summed E-state index contributed by atoms with van der Waals surface area (Å²) in [7, 11) is 0. The molecule has 2 saturated carbocycles. The van der Waals surface area contributed by atoms with E-state index in [1.807, 2.05) is 6.07 Å². The van der Waals surface area contributed by atoms with Gasteiger partial charge in [-0.1, -0.05) is 25.3 Å². The van der Waals surface area contributed by atoms with Crippen LogP contribution >= 0.6 is 0 Å². The molecule has 2 fully saturated rings. The number of hydrogen-bond acceptors (Lipinski definition) is 3. The Morgan fingerprint density at radius 1 is 0.842 bits per heavy atom. The van der Waals surface area contributed by atoms with Gasteiger partial charge in [0.2, 0.25) is 0 Å². The normalized spacial score (nSPS) is 26.2. The summed E-state index contributed by atoms with van der Waals surface area (Å²) in [5.41, 5.74) is 7.65. The summed E-state index contributed by atoms with van der Waals surface area (Å²) >= 11 is 0. The molecule has 2 aliphatic carbocycles. The minimum Gasteiger partial charge on any atom is -0.448 e. The summed E-state index contributed by atoms with van der Waals surface area (Å²) in [5, 5.41) is 0. The third-order valence-corrected chi connectivity index (χ3v) is 4.97. The predicted octanol–water partition coefficient (Wildman–Crippen LogP) is 3.46. The van der Waals surface area contributed by atoms with E-state index in [9.17, 15) is 0 Å². The third-order valence-electron chi connectivity index (χ3n) is 4.97. The van der Waals surface area contributed by atoms with Gasteiger partial charge in [-0.3, -0.25) is 0 Å². The Balaban J connectivity index is 1.64. The molecular weight excluding hydrogens is 238 g/mol. The quantitative estimate of drug-likeness (QED) is 0.840. The van der Waals surface area contributed by atoms with Crippen LogP contribution in [0.25, 0.3) is 0 Å². The monoisotopic (exact) mass is 259 g/mol. The molecule has 3 aliphatic rings. The fourth-order valence-electron chi connectivity index (χ4n) is 3.54. The second-order valence-electron chi connectivity index (χ2n) is 6.35. The number of hydrogen-bond donors (Lipinski definition) is 1. The molecule has 0 aromatic heterocycles. The van der Waals surface area contributed by atoms with E-state index in [-0.39, 0.29) is 11.3 Å². The summed E-state index contributed by atoms with van der Waals surface area (Å²) in [6.07, 6.45) is 9.14. The van der Waals surface area contributed by atoms with Crippen LogP contribution in [0.2, 0.25) is 0 Å². The van der Waals surface area contributed by atoms with Gasteiger partial charge in [0, 0.05) is 18.4 Å². The maximum atomic E-state index is 6.59. The topological polar surface area (TPSA) is 44.5 Å². The lowest BCUT2D eigenvalue weighted by Crippen LogP contribution is -2.45. The second-order valence-corrected chi connectivity index (χ2v) is 6.35. The highest BCUT2D eigenvalue weighted by atomic mass is 16.7. The molecule has 0 amide bonds. The van der Waals surface area contributed by atoms with Crippen LogP contribution < -0.4 is 15.2 Å². The van der Waals surface area contributed by atoms with E-state index in [1.165, 1.54) is 31.2 Å². The molecule has 102 valence electrons. The van der Waals surface area contributed by atoms with Crippen LogP contribution in [0.1, 0.15) is 56.9 Å². The third kappa shape index (κ3) is 1.75. The Labute approximate surface area is 114 Å². The van der Waals surface area contributed by atoms with E-state index in [1.54, 1.807) is 0 Å². The molecule has 1 aromatic rings. The van der Waals surface area contributed by atoms with E-state index in [4.69, 9.17) is 15.2 Å². The van der Waals surface area contributed by atoms with Crippen molar-refractivity contribution >= 4 is 0 Å². The predicted molar refractivity (Wildman–Crippen MR) is 73.2 cm³/mol. The van der Waals surface area contributed by atoms with Gasteiger partial charge < -0.3 is 15.2 Å². The molecule has 0 atom stereocenters. The van der Waals surface area contributed by atoms with Crippen molar-refractivity contribution in [1.29, 1.82) is 0 Å². The molecule has 1 aliphatic heterocycles. The number of rotatable bonds is 1. The first-order chi connectivity index (χ1) is 9.19. The van der Waals surface area contributed by atoms with E-state index in [2.05, 4.69) is 12.1 Å². The van der Waals surface area contributed by atoms with Crippen molar-refractivity contribution in [2.45, 2.75) is 62.7 Å². The Bertz CT molecular complexity index is 501. The molecule has 1 aromatic carbocycles. The molecule has 0 unspecified atom stereocenters. The zero-order valence-electron chi connectivity index (χ0n) is 11.3. The minimum absolute atomic E-state index is 0.161. The minimum atomic E-state index is -0.338. The van der Waals surface area contributed by atoms with Crippen molar-refractivity contribution in [2.75, 3.05) is 0 Å². The molecule has 2 N–H and O–H groups in total. The Kier molecular flexibility index (Phi) is 2.37. The zero-order valence-corrected chi connectivity index (χ0v) is 11.3. The van der Waals surface area contributed by atoms with Gasteiger partial charge in [-0.15, -0.1) is 0 Å². The molecule has 19 heavy (non-hydrogen) atoms. The number of ether oxygens (including phenoxy) is 2. The number of nitrogens with two attached hydrogens (primary N) is 1. The van der Waals surface area contributed by atoms with Gasteiger partial charge >= 0.3 is 0 Å². The van der Waals surface area contributed by atoms with Crippen molar-refractivity contribution in [3.05, 3.63) is 23.8 Å². The first-order valence-corrected chi connectivity index (χ1v) is 7.51. The van der Waals surface area contributed by atoms with Gasteiger partial charge in [0.15, 0.2) is 11.5 Å². The average molecular weight is 259 g/mol. The van der Waals surface area contributed by atoms with E-state index in [0.29, 0.717) is 0 Å². The Hall–Kier alpha value is -1.22. The highest BCUT2D eigenvalue weighted by Gasteiger charge is 2.47. The lowest BCUT2D eigenvalue weighted by Gasteiger charge is -2.35. The summed E-state index contributed by atoms with van der Waals surface area (Å²) in [4.78, 5) is 0. The molecule has 0 radical (unpaired) electrons. The van der Waals surface area contributed by atoms with Gasteiger partial charge in [0.1, 0.15) is 0 Å². The fraction of sp³-hybridized carbons (Fsp3) is 0.625. The Morgan fingerprint density at radius 3 is 2.26 bits per heavy atom. The van der Waals surface area contributed by atoms with Gasteiger partial charge in [-0.05, 0) is 37.0 Å². The van der Waals surface area contributed by atoms with Gasteiger partial charge in [0.25, 0.3) is 5.79 Å². The smallest absolute Gasteiger partial charge is 0.251 e. The number of fused-ring (bicyclic) bond motifs is 1. The molecule has 1 heterocycles. The molecule has 0 saturated heterocycles. The summed E-state index contributed by atoms with van der Waals surface area (Å²) in [6.45, 7) is 0. The lowest BCUT2D eigenvalue weighted by atomic mass is 9.77. The van der Waals surface area contributed by atoms with Crippen molar-refractivity contribution in [1.82, 2.24) is 0 Å². The molecule has 3 heteroatoms. The molecule has 3 nitrogen and oxygen atoms in total. The first kappa shape index (κ1) is 11.6. The maximum Gasteiger partial charge on any atom is 0.251 e. The van der Waals surface area contributed by atoms with Crippen molar-refractivity contribution < 1.29 is 9.47 Å². The van der Waals surface area contributed by atoms with E-state index >= 15 is 0 Å². The largest absolute Gasteiger partial charge is 0.448 e. The van der Waals surface area contributed by atoms with Crippen LogP contribution in [0, 0.1) is 0 Å². The van der Waals surface area contributed by atoms with Gasteiger partial charge in [0.05, 0.1) is 0 Å². The van der Waals surface area contributed by atoms with Crippen molar-refractivity contribution in [2.24, 2.45) is 5.73 Å². The van der Waals surface area contributed by atoms with Gasteiger partial charge in [-0.25, -0.2) is 0 Å². The van der Waals surface area contributed by atoms with E-state index in [0.717, 1.165) is 37.2 Å². The van der Waals surface area contributed by atoms with Crippen molar-refractivity contribution in [3.63, 3.8) is 0 Å². The fourth-order valence-corrected chi connectivity index (χ4v) is 3.54. The van der Waals surface area contributed by atoms with Crippen LogP contribution in [0.5, 0.6) is 11.5 Å². The molecule has 4 rings (SSSR count). The zero-order chi connectivity index (χ0) is 12.9. The maximum absolute atomic E-state index is 6.59. The highest BCUT2D eigenvalue weighted by molar-refractivity contribution is 5.48. The van der Waals surface area contributed by atoms with Crippen molar-refractivity contribution in [3.8, 4) is 11.5 Å². The molecule has 1 spiro atoms. The van der Waals surface area contributed by atoms with Crippen LogP contribution in [0.15, 0.2) is 18.2 Å². The molecule has 0 bridgehead atoms. The first-order valence-electron chi connectivity index (χ1n) is 7.51. The van der Waals surface area contributed by atoms with Gasteiger partial charge in [-0.2, -0.15) is 0 Å². The second kappa shape index (κ2) is 3.89. The van der Waals surface area contributed by atoms with Crippen LogP contribution in [-0.2, 0) is 5.54 Å². The Morgan fingerprint density at radius 2 is 1.58 bits per heavy atom. The summed E-state index contributed by atoms with van der Waals surface area (Å²) < 4.78 is 12.0. The lowest BCUT2D eigenvalue weighted by molar-refractivity contribution is -0.138. The summed E-state index contributed by atoms with van der Waals surface area (Å²) in [5.74, 6) is 1.45. The standard InChI is InChI=1S/C16H21NO2/c17-15(7-2-1-3-8-15)12-5-6-13-14(11-12)19-16(18-13)9-4-10-16/h5-6,11H,1-4,7-10,17H2. The molecular formula is C16H21NO2. The number of benzene rings is 1. The highest BCUT2D eigenvalue weighted by Crippen LogP contribution is 2.49. The van der Waals surface area contributed by atoms with Crippen LogP contribution in [0.4, 0.5) is 0 Å². The average Bonchev–Trinajstić information content (AvgIpc) is 2.78. The van der Waals surface area contributed by atoms with Crippen LogP contribution in [0.3, 0.4) is 0 Å². The van der Waals surface area contributed by atoms with E-state index < -0.39 is 0 Å². The van der Waals surface area contributed by atoms with Crippen LogP contribution in [-0.4, -0.2) is 5.79 Å². The SMILES string of the molecule is NC1(c2ccc3c(c2)OC2(CCC2)O3)CCCCC1. The summed E-state index contributed by atoms with van der Waals surface area (Å²) in [6, 6.07) is 6.29.